The Hall–Kier alpha value is -3.42. The number of nitrogen functional groups attached to an aromatic ring is 1. The van der Waals surface area contributed by atoms with Crippen molar-refractivity contribution in [2.45, 2.75) is 32.3 Å². The van der Waals surface area contributed by atoms with E-state index in [1.807, 2.05) is 30.3 Å². The molecule has 1 fully saturated rings. The van der Waals surface area contributed by atoms with Crippen molar-refractivity contribution >= 4 is 17.4 Å². The lowest BCUT2D eigenvalue weighted by Gasteiger charge is -2.25. The first-order valence-corrected chi connectivity index (χ1v) is 11.4. The number of carbonyl (C=O) groups excluding carboxylic acids is 1. The maximum Gasteiger partial charge on any atom is 0.225 e. The van der Waals surface area contributed by atoms with Crippen LogP contribution in [0.15, 0.2) is 54.6 Å². The van der Waals surface area contributed by atoms with E-state index >= 15 is 0 Å². The standard InChI is InChI=1S/C26H30N4O3/c27-26-22(17-31)21(16-23(29-26)20-9-2-3-10-24(20)32)18-7-6-8-19(15-18)28-25(33)11-14-30-12-4-1-5-13-30/h2-3,6-10,15-16,31-32H,1,4-5,11-14,17H2,(H2,27,29)(H,28,33). The van der Waals surface area contributed by atoms with E-state index in [-0.39, 0.29) is 24.1 Å². The van der Waals surface area contributed by atoms with Crippen LogP contribution in [0.25, 0.3) is 22.4 Å². The number of aliphatic hydroxyl groups is 1. The molecule has 4 rings (SSSR count). The highest BCUT2D eigenvalue weighted by atomic mass is 16.3. The number of hydrogen-bond acceptors (Lipinski definition) is 6. The minimum atomic E-state index is -0.276. The fourth-order valence-electron chi connectivity index (χ4n) is 4.27. The van der Waals surface area contributed by atoms with Crippen LogP contribution in [0.1, 0.15) is 31.2 Å². The number of rotatable bonds is 7. The molecule has 33 heavy (non-hydrogen) atoms. The number of phenols is 1. The van der Waals surface area contributed by atoms with Crippen LogP contribution in [0.3, 0.4) is 0 Å². The van der Waals surface area contributed by atoms with E-state index in [2.05, 4.69) is 15.2 Å². The predicted octanol–water partition coefficient (Wildman–Crippen LogP) is 4.01. The molecule has 5 N–H and O–H groups in total. The first-order chi connectivity index (χ1) is 16.0. The number of nitrogens with two attached hydrogens (primary N) is 1. The van der Waals surface area contributed by atoms with Crippen molar-refractivity contribution in [3.05, 3.63) is 60.2 Å². The van der Waals surface area contributed by atoms with E-state index in [0.717, 1.165) is 25.2 Å². The molecule has 2 aromatic carbocycles. The highest BCUT2D eigenvalue weighted by Gasteiger charge is 2.16. The number of amides is 1. The molecule has 0 unspecified atom stereocenters. The van der Waals surface area contributed by atoms with Gasteiger partial charge < -0.3 is 26.2 Å². The second-order valence-corrected chi connectivity index (χ2v) is 8.38. The lowest BCUT2D eigenvalue weighted by Crippen LogP contribution is -2.32. The van der Waals surface area contributed by atoms with Crippen molar-refractivity contribution < 1.29 is 15.0 Å². The Kier molecular flexibility index (Phi) is 7.22. The minimum Gasteiger partial charge on any atom is -0.507 e. The van der Waals surface area contributed by atoms with Crippen molar-refractivity contribution in [2.24, 2.45) is 0 Å². The maximum atomic E-state index is 12.5. The molecular weight excluding hydrogens is 416 g/mol. The molecule has 7 heteroatoms. The Bertz CT molecular complexity index is 1130. The summed E-state index contributed by atoms with van der Waals surface area (Å²) in [6, 6.07) is 16.2. The Morgan fingerprint density at radius 1 is 1.03 bits per heavy atom. The number of phenolic OH excluding ortho intramolecular Hbond substituents is 1. The molecule has 0 bridgehead atoms. The third-order valence-corrected chi connectivity index (χ3v) is 6.06. The summed E-state index contributed by atoms with van der Waals surface area (Å²) in [6.45, 7) is 2.62. The number of anilines is 2. The number of aromatic nitrogens is 1. The van der Waals surface area contributed by atoms with Gasteiger partial charge in [-0.15, -0.1) is 0 Å². The fraction of sp³-hybridized carbons (Fsp3) is 0.308. The average molecular weight is 447 g/mol. The van der Waals surface area contributed by atoms with E-state index in [4.69, 9.17) is 5.73 Å². The van der Waals surface area contributed by atoms with Gasteiger partial charge >= 0.3 is 0 Å². The number of para-hydroxylation sites is 1. The predicted molar refractivity (Wildman–Crippen MR) is 131 cm³/mol. The molecule has 3 aromatic rings. The molecule has 1 aliphatic heterocycles. The van der Waals surface area contributed by atoms with E-state index in [1.165, 1.54) is 19.3 Å². The quantitative estimate of drug-likeness (QED) is 0.436. The summed E-state index contributed by atoms with van der Waals surface area (Å²) < 4.78 is 0. The molecular formula is C26H30N4O3. The van der Waals surface area contributed by atoms with Crippen LogP contribution in [0, 0.1) is 0 Å². The number of piperidine rings is 1. The van der Waals surface area contributed by atoms with Gasteiger partial charge in [0, 0.05) is 29.8 Å². The van der Waals surface area contributed by atoms with Gasteiger partial charge in [-0.25, -0.2) is 4.98 Å². The van der Waals surface area contributed by atoms with Crippen LogP contribution in [-0.4, -0.2) is 45.6 Å². The molecule has 172 valence electrons. The third-order valence-electron chi connectivity index (χ3n) is 6.06. The fourth-order valence-corrected chi connectivity index (χ4v) is 4.27. The zero-order valence-electron chi connectivity index (χ0n) is 18.6. The first kappa shape index (κ1) is 22.8. The smallest absolute Gasteiger partial charge is 0.225 e. The van der Waals surface area contributed by atoms with Gasteiger partial charge in [0.25, 0.3) is 0 Å². The van der Waals surface area contributed by atoms with Crippen molar-refractivity contribution in [3.8, 4) is 28.1 Å². The number of hydrogen-bond donors (Lipinski definition) is 4. The minimum absolute atomic E-state index is 0.0238. The SMILES string of the molecule is Nc1nc(-c2ccccc2O)cc(-c2cccc(NC(=O)CCN3CCCCC3)c2)c1CO. The van der Waals surface area contributed by atoms with Crippen LogP contribution in [0.4, 0.5) is 11.5 Å². The molecule has 1 saturated heterocycles. The summed E-state index contributed by atoms with van der Waals surface area (Å²) >= 11 is 0. The number of carbonyl (C=O) groups is 1. The van der Waals surface area contributed by atoms with Gasteiger partial charge in [0.05, 0.1) is 12.3 Å². The van der Waals surface area contributed by atoms with Gasteiger partial charge in [0.15, 0.2) is 0 Å². The van der Waals surface area contributed by atoms with Gasteiger partial charge in [0.1, 0.15) is 11.6 Å². The highest BCUT2D eigenvalue weighted by Crippen LogP contribution is 2.35. The van der Waals surface area contributed by atoms with Gasteiger partial charge in [-0.1, -0.05) is 30.7 Å². The summed E-state index contributed by atoms with van der Waals surface area (Å²) in [5.74, 6) is 0.273. The second kappa shape index (κ2) is 10.5. The van der Waals surface area contributed by atoms with Crippen LogP contribution in [0.5, 0.6) is 5.75 Å². The van der Waals surface area contributed by atoms with E-state index in [0.29, 0.717) is 34.5 Å². The largest absolute Gasteiger partial charge is 0.507 e. The van der Waals surface area contributed by atoms with Crippen molar-refractivity contribution in [3.63, 3.8) is 0 Å². The number of nitrogens with zero attached hydrogens (tertiary/aromatic N) is 2. The number of nitrogens with one attached hydrogen (secondary N) is 1. The summed E-state index contributed by atoms with van der Waals surface area (Å²) in [5.41, 5.74) is 9.90. The Labute approximate surface area is 193 Å². The molecule has 1 aromatic heterocycles. The molecule has 1 amide bonds. The van der Waals surface area contributed by atoms with E-state index in [1.54, 1.807) is 24.3 Å². The normalized spacial score (nSPS) is 14.2. The molecule has 0 saturated carbocycles. The zero-order valence-corrected chi connectivity index (χ0v) is 18.6. The lowest BCUT2D eigenvalue weighted by atomic mass is 9.97. The van der Waals surface area contributed by atoms with Crippen molar-refractivity contribution in [1.29, 1.82) is 0 Å². The van der Waals surface area contributed by atoms with Crippen molar-refractivity contribution in [2.75, 3.05) is 30.7 Å². The van der Waals surface area contributed by atoms with Crippen LogP contribution in [0.2, 0.25) is 0 Å². The summed E-state index contributed by atoms with van der Waals surface area (Å²) in [4.78, 5) is 19.2. The van der Waals surface area contributed by atoms with Gasteiger partial charge in [-0.3, -0.25) is 4.79 Å². The molecule has 0 atom stereocenters. The van der Waals surface area contributed by atoms with Gasteiger partial charge in [-0.05, 0) is 67.4 Å². The third kappa shape index (κ3) is 5.50. The second-order valence-electron chi connectivity index (χ2n) is 8.38. The molecule has 1 aliphatic rings. The Morgan fingerprint density at radius 3 is 2.58 bits per heavy atom. The van der Waals surface area contributed by atoms with Crippen LogP contribution >= 0.6 is 0 Å². The van der Waals surface area contributed by atoms with Crippen LogP contribution < -0.4 is 11.1 Å². The zero-order chi connectivity index (χ0) is 23.2. The monoisotopic (exact) mass is 446 g/mol. The van der Waals surface area contributed by atoms with Crippen molar-refractivity contribution in [1.82, 2.24) is 9.88 Å². The van der Waals surface area contributed by atoms with E-state index in [9.17, 15) is 15.0 Å². The van der Waals surface area contributed by atoms with Gasteiger partial charge in [-0.2, -0.15) is 0 Å². The molecule has 0 radical (unpaired) electrons. The molecule has 0 spiro atoms. The highest BCUT2D eigenvalue weighted by molar-refractivity contribution is 5.92. The van der Waals surface area contributed by atoms with Crippen LogP contribution in [-0.2, 0) is 11.4 Å². The van der Waals surface area contributed by atoms with Gasteiger partial charge in [0.2, 0.25) is 5.91 Å². The number of benzene rings is 2. The lowest BCUT2D eigenvalue weighted by molar-refractivity contribution is -0.116. The number of aromatic hydroxyl groups is 1. The summed E-state index contributed by atoms with van der Waals surface area (Å²) in [6.07, 6.45) is 4.13. The Morgan fingerprint density at radius 2 is 1.82 bits per heavy atom. The number of likely N-dealkylation sites (tertiary alicyclic amines) is 1. The summed E-state index contributed by atoms with van der Waals surface area (Å²) in [7, 11) is 0. The summed E-state index contributed by atoms with van der Waals surface area (Å²) in [5, 5.41) is 23.2. The number of aliphatic hydroxyl groups excluding tert-OH is 1. The molecule has 0 aliphatic carbocycles. The Balaban J connectivity index is 1.57. The first-order valence-electron chi connectivity index (χ1n) is 11.4. The number of pyridine rings is 1. The molecule has 7 nitrogen and oxygen atoms in total. The molecule has 2 heterocycles. The topological polar surface area (TPSA) is 112 Å². The maximum absolute atomic E-state index is 12.5. The van der Waals surface area contributed by atoms with E-state index < -0.39 is 0 Å². The average Bonchev–Trinajstić information content (AvgIpc) is 2.83.